The van der Waals surface area contributed by atoms with Gasteiger partial charge < -0.3 is 21.5 Å². The standard InChI is InChI=1S/C11H6F2N.3C9H7NO.C6H5NO2.Al.Ir/c12-8-4-5-9(10(13)7-8)11-3-1-2-6-14-11;3*11-8-5-1-3-7-4-2-6-10-9(7)8;8-6(9)5-3-1-2-4-7-5;;/h1-4,6-7H;3*1-6,11H;1-4H,(H,8,9);;/q-1;;;;;+3;/p-3. The van der Waals surface area contributed by atoms with Crippen LogP contribution >= 0.6 is 0 Å². The Hall–Kier alpha value is -6.68. The van der Waals surface area contributed by atoms with Crippen LogP contribution in [0, 0.1) is 17.7 Å². The van der Waals surface area contributed by atoms with Crippen molar-refractivity contribution in [1.82, 2.24) is 24.9 Å². The summed E-state index contributed by atoms with van der Waals surface area (Å²) in [5, 5.41) is 11.3. The van der Waals surface area contributed by atoms with Crippen LogP contribution in [0.1, 0.15) is 10.5 Å². The van der Waals surface area contributed by atoms with Gasteiger partial charge in [-0.2, -0.15) is 0 Å². The van der Waals surface area contributed by atoms with Crippen molar-refractivity contribution in [2.24, 2.45) is 0 Å². The Balaban J connectivity index is 0.000000193. The number of pyridine rings is 5. The molecule has 9 aromatic rings. The van der Waals surface area contributed by atoms with Gasteiger partial charge in [-0.3, -0.25) is 23.7 Å². The minimum Gasteiger partial charge on any atom is -0.576 e. The number of hydrogen-bond donors (Lipinski definition) is 1. The number of rotatable bonds is 8. The first-order valence-electron chi connectivity index (χ1n) is 17.4. The van der Waals surface area contributed by atoms with Crippen molar-refractivity contribution < 1.29 is 50.2 Å². The molecule has 4 aromatic carbocycles. The fourth-order valence-electron chi connectivity index (χ4n) is 5.54. The summed E-state index contributed by atoms with van der Waals surface area (Å²) < 4.78 is 45.0. The van der Waals surface area contributed by atoms with Crippen LogP contribution in [-0.4, -0.2) is 51.1 Å². The minimum atomic E-state index is -2.86. The van der Waals surface area contributed by atoms with Gasteiger partial charge in [-0.1, -0.05) is 84.4 Å². The van der Waals surface area contributed by atoms with Crippen molar-refractivity contribution >= 4 is 53.8 Å². The van der Waals surface area contributed by atoms with Crippen LogP contribution in [-0.2, 0) is 20.1 Å². The molecule has 0 saturated carbocycles. The molecule has 9 rings (SSSR count). The van der Waals surface area contributed by atoms with E-state index in [-0.39, 0.29) is 31.4 Å². The average molecular weight is 965 g/mol. The first kappa shape index (κ1) is 41.0. The van der Waals surface area contributed by atoms with E-state index in [1.807, 2.05) is 91.0 Å². The van der Waals surface area contributed by atoms with Gasteiger partial charge in [0, 0.05) is 78.9 Å². The molecule has 5 aromatic heterocycles. The Morgan fingerprint density at radius 1 is 0.552 bits per heavy atom. The molecular formula is C44H29AlF2IrN5O5-. The van der Waals surface area contributed by atoms with Gasteiger partial charge in [0.15, 0.2) is 0 Å². The number of halogens is 2. The van der Waals surface area contributed by atoms with E-state index in [9.17, 15) is 13.6 Å². The molecule has 5 heterocycles. The van der Waals surface area contributed by atoms with Gasteiger partial charge in [0.2, 0.25) is 0 Å². The van der Waals surface area contributed by atoms with E-state index >= 15 is 0 Å². The third-order valence-corrected chi connectivity index (χ3v) is 9.46. The summed E-state index contributed by atoms with van der Waals surface area (Å²) in [4.78, 5) is 31.2. The Bertz CT molecular complexity index is 2570. The molecular weight excluding hydrogens is 936 g/mol. The third-order valence-electron chi connectivity index (χ3n) is 8.12. The van der Waals surface area contributed by atoms with Gasteiger partial charge in [-0.15, -0.1) is 12.1 Å². The van der Waals surface area contributed by atoms with Crippen molar-refractivity contribution in [1.29, 1.82) is 0 Å². The van der Waals surface area contributed by atoms with E-state index in [0.717, 1.165) is 44.8 Å². The van der Waals surface area contributed by atoms with Crippen LogP contribution in [0.25, 0.3) is 44.0 Å². The van der Waals surface area contributed by atoms with Gasteiger partial charge in [0.25, 0.3) is 0 Å². The zero-order valence-electron chi connectivity index (χ0n) is 30.1. The van der Waals surface area contributed by atoms with Crippen molar-refractivity contribution in [3.05, 3.63) is 194 Å². The van der Waals surface area contributed by atoms with Crippen molar-refractivity contribution in [2.45, 2.75) is 0 Å². The molecule has 0 atom stereocenters. The van der Waals surface area contributed by atoms with E-state index in [2.05, 4.69) is 31.0 Å². The number of hydrogen-bond acceptors (Lipinski definition) is 9. The van der Waals surface area contributed by atoms with Gasteiger partial charge in [-0.25, -0.2) is 9.78 Å². The van der Waals surface area contributed by atoms with E-state index < -0.39 is 32.8 Å². The normalized spacial score (nSPS) is 10.2. The van der Waals surface area contributed by atoms with Gasteiger partial charge in [0.05, 0.1) is 0 Å². The SMILES string of the molecule is Fc1c[c-]c(-c2ccccn2)c(F)c1.O=C(O)c1ccccn1.[Ir].c1cnc2c([O][Al]([O]c3cccc4cccnc34)[O]c3cccc4cccnc34)cccc2c1. The molecule has 287 valence electrons. The van der Waals surface area contributed by atoms with Crippen LogP contribution < -0.4 is 11.4 Å². The monoisotopic (exact) mass is 965 g/mol. The molecule has 58 heavy (non-hydrogen) atoms. The van der Waals surface area contributed by atoms with Gasteiger partial charge in [-0.05, 0) is 60.3 Å². The molecule has 0 spiro atoms. The summed E-state index contributed by atoms with van der Waals surface area (Å²) in [6.07, 6.45) is 8.24. The van der Waals surface area contributed by atoms with Crippen LogP contribution in [0.5, 0.6) is 17.2 Å². The van der Waals surface area contributed by atoms with Crippen LogP contribution in [0.3, 0.4) is 0 Å². The second kappa shape index (κ2) is 20.0. The number of carbonyl (C=O) groups is 1. The summed E-state index contributed by atoms with van der Waals surface area (Å²) in [6.45, 7) is 0. The summed E-state index contributed by atoms with van der Waals surface area (Å²) in [5.41, 5.74) is 2.97. The second-order valence-electron chi connectivity index (χ2n) is 11.9. The number of aromatic nitrogens is 5. The van der Waals surface area contributed by atoms with Gasteiger partial charge in [0.1, 0.15) is 39.5 Å². The van der Waals surface area contributed by atoms with E-state index in [0.29, 0.717) is 22.9 Å². The number of nitrogens with zero attached hydrogens (tertiary/aromatic N) is 5. The quantitative estimate of drug-likeness (QED) is 0.116. The molecule has 0 amide bonds. The topological polar surface area (TPSA) is 129 Å². The molecule has 1 radical (unpaired) electrons. The second-order valence-corrected chi connectivity index (χ2v) is 13.2. The summed E-state index contributed by atoms with van der Waals surface area (Å²) >= 11 is -2.86. The van der Waals surface area contributed by atoms with Crippen molar-refractivity contribution in [3.8, 4) is 28.5 Å². The summed E-state index contributed by atoms with van der Waals surface area (Å²) in [6, 6.07) is 43.4. The zero-order chi connectivity index (χ0) is 39.4. The molecule has 14 heteroatoms. The maximum absolute atomic E-state index is 13.2. The largest absolute Gasteiger partial charge is 1.20 e. The number of carboxylic acid groups (broad SMARTS) is 1. The predicted octanol–water partition coefficient (Wildman–Crippen LogP) is 9.46. The fraction of sp³-hybridized carbons (Fsp3) is 0. The van der Waals surface area contributed by atoms with Crippen molar-refractivity contribution in [3.63, 3.8) is 0 Å². The maximum Gasteiger partial charge on any atom is 1.20 e. The summed E-state index contributed by atoms with van der Waals surface area (Å²) in [5.74, 6) is -0.454. The molecule has 0 fully saturated rings. The average Bonchev–Trinajstić information content (AvgIpc) is 3.25. The fourth-order valence-corrected chi connectivity index (χ4v) is 6.88. The summed E-state index contributed by atoms with van der Waals surface area (Å²) in [7, 11) is 0. The van der Waals surface area contributed by atoms with Crippen LogP contribution in [0.15, 0.2) is 171 Å². The number of benzene rings is 4. The number of aromatic carboxylic acids is 1. The molecule has 0 saturated heterocycles. The zero-order valence-corrected chi connectivity index (χ0v) is 33.7. The minimum absolute atomic E-state index is 0. The number of para-hydroxylation sites is 3. The third kappa shape index (κ3) is 10.4. The van der Waals surface area contributed by atoms with E-state index in [4.69, 9.17) is 16.5 Å². The number of carboxylic acids is 1. The van der Waals surface area contributed by atoms with Crippen molar-refractivity contribution in [2.75, 3.05) is 0 Å². The Morgan fingerprint density at radius 3 is 1.40 bits per heavy atom. The van der Waals surface area contributed by atoms with Gasteiger partial charge >= 0.3 is 21.1 Å². The Labute approximate surface area is 349 Å². The molecule has 0 aliphatic carbocycles. The first-order valence-corrected chi connectivity index (χ1v) is 18.8. The van der Waals surface area contributed by atoms with E-state index in [1.54, 1.807) is 55.1 Å². The van der Waals surface area contributed by atoms with E-state index in [1.165, 1.54) is 12.3 Å². The smallest absolute Gasteiger partial charge is 0.576 e. The molecule has 0 bridgehead atoms. The molecule has 10 nitrogen and oxygen atoms in total. The first-order chi connectivity index (χ1) is 27.9. The molecule has 0 aliphatic rings. The van der Waals surface area contributed by atoms with Crippen LogP contribution in [0.2, 0.25) is 0 Å². The Kier molecular flexibility index (Phi) is 14.1. The maximum atomic E-state index is 13.2. The Morgan fingerprint density at radius 2 is 1.00 bits per heavy atom. The molecule has 0 aliphatic heterocycles. The number of fused-ring (bicyclic) bond motifs is 3. The molecule has 0 unspecified atom stereocenters. The van der Waals surface area contributed by atoms with Crippen LogP contribution in [0.4, 0.5) is 8.78 Å². The predicted molar refractivity (Wildman–Crippen MR) is 212 cm³/mol. The molecule has 1 N–H and O–H groups in total.